The Kier molecular flexibility index (Phi) is 6.21. The van der Waals surface area contributed by atoms with E-state index in [0.717, 1.165) is 16.8 Å². The smallest absolute Gasteiger partial charge is 0.263 e. The number of hydrogen-bond acceptors (Lipinski definition) is 6. The van der Waals surface area contributed by atoms with Crippen molar-refractivity contribution in [1.29, 1.82) is 0 Å². The zero-order valence-electron chi connectivity index (χ0n) is 20.0. The van der Waals surface area contributed by atoms with Gasteiger partial charge in [-0.2, -0.15) is 0 Å². The molecule has 37 heavy (non-hydrogen) atoms. The van der Waals surface area contributed by atoms with Crippen LogP contribution < -0.4 is 4.90 Å². The molecule has 6 rings (SSSR count). The number of hydrogen-bond donors (Lipinski definition) is 0. The molecule has 0 aliphatic carbocycles. The molecule has 9 heteroatoms. The van der Waals surface area contributed by atoms with E-state index >= 15 is 0 Å². The molecular formula is C28H24FN5O2S. The van der Waals surface area contributed by atoms with Gasteiger partial charge in [-0.15, -0.1) is 0 Å². The van der Waals surface area contributed by atoms with Gasteiger partial charge in [0.2, 0.25) is 5.91 Å². The van der Waals surface area contributed by atoms with E-state index in [-0.39, 0.29) is 23.4 Å². The lowest BCUT2D eigenvalue weighted by Gasteiger charge is -2.36. The number of aliphatic imine (C=N–C) groups is 2. The van der Waals surface area contributed by atoms with Crippen molar-refractivity contribution in [2.45, 2.75) is 6.04 Å². The fourth-order valence-corrected chi connectivity index (χ4v) is 5.73. The summed E-state index contributed by atoms with van der Waals surface area (Å²) in [6, 6.07) is 23.1. The Morgan fingerprint density at radius 1 is 0.919 bits per heavy atom. The first-order valence-electron chi connectivity index (χ1n) is 12.1. The summed E-state index contributed by atoms with van der Waals surface area (Å²) in [7, 11) is 0. The number of benzene rings is 3. The van der Waals surface area contributed by atoms with Crippen molar-refractivity contribution in [3.05, 3.63) is 95.8 Å². The molecular weight excluding hydrogens is 489 g/mol. The summed E-state index contributed by atoms with van der Waals surface area (Å²) in [5, 5.41) is 0.458. The molecule has 1 saturated heterocycles. The monoisotopic (exact) mass is 513 g/mol. The molecule has 186 valence electrons. The maximum absolute atomic E-state index is 14.2. The molecule has 0 spiro atoms. The van der Waals surface area contributed by atoms with Gasteiger partial charge in [0.15, 0.2) is 11.2 Å². The van der Waals surface area contributed by atoms with E-state index in [1.165, 1.54) is 17.8 Å². The number of rotatable bonds is 4. The molecule has 3 aromatic rings. The second kappa shape index (κ2) is 9.82. The number of anilines is 1. The van der Waals surface area contributed by atoms with Crippen molar-refractivity contribution < 1.29 is 14.0 Å². The molecule has 3 heterocycles. The Bertz CT molecular complexity index is 1420. The maximum Gasteiger partial charge on any atom is 0.263 e. The SMILES string of the molecule is O=C(CSC1=Nc2ccccc2C2=N[C@H](c3ccccc3)C(=O)N12)N1CCN(c2ccccc2F)CC1. The fraction of sp³-hybridized carbons (Fsp3) is 0.214. The third-order valence-corrected chi connectivity index (χ3v) is 7.66. The van der Waals surface area contributed by atoms with Crippen LogP contribution in [0.1, 0.15) is 17.2 Å². The fourth-order valence-electron chi connectivity index (χ4n) is 4.82. The van der Waals surface area contributed by atoms with E-state index in [4.69, 9.17) is 9.98 Å². The number of carbonyl (C=O) groups is 2. The lowest BCUT2D eigenvalue weighted by molar-refractivity contribution is -0.128. The van der Waals surface area contributed by atoms with Crippen molar-refractivity contribution in [2.24, 2.45) is 9.98 Å². The van der Waals surface area contributed by atoms with Crippen molar-refractivity contribution in [1.82, 2.24) is 9.80 Å². The topological polar surface area (TPSA) is 68.6 Å². The number of fused-ring (bicyclic) bond motifs is 3. The molecule has 0 saturated carbocycles. The highest BCUT2D eigenvalue weighted by Crippen LogP contribution is 2.37. The zero-order chi connectivity index (χ0) is 25.4. The van der Waals surface area contributed by atoms with E-state index in [1.54, 1.807) is 21.9 Å². The van der Waals surface area contributed by atoms with Gasteiger partial charge in [-0.05, 0) is 29.8 Å². The van der Waals surface area contributed by atoms with Gasteiger partial charge >= 0.3 is 0 Å². The highest BCUT2D eigenvalue weighted by molar-refractivity contribution is 8.14. The van der Waals surface area contributed by atoms with Gasteiger partial charge in [0, 0.05) is 31.7 Å². The van der Waals surface area contributed by atoms with Gasteiger partial charge in [0.1, 0.15) is 11.7 Å². The minimum absolute atomic E-state index is 0.0375. The summed E-state index contributed by atoms with van der Waals surface area (Å²) in [4.78, 5) is 41.4. The summed E-state index contributed by atoms with van der Waals surface area (Å²) in [5.74, 6) is 0.249. The number of thioether (sulfide) groups is 1. The Labute approximate surface area is 218 Å². The standard InChI is InChI=1S/C28H24FN5O2S/c29-21-11-5-7-13-23(21)32-14-16-33(17-15-32)24(35)18-37-28-30-22-12-6-4-10-20(22)26-31-25(27(36)34(26)28)19-8-2-1-3-9-19/h1-13,25H,14-18H2/t25-/m1/s1. The number of amides is 2. The lowest BCUT2D eigenvalue weighted by Crippen LogP contribution is -2.49. The van der Waals surface area contributed by atoms with Gasteiger partial charge in [0.05, 0.1) is 17.1 Å². The highest BCUT2D eigenvalue weighted by atomic mass is 32.2. The largest absolute Gasteiger partial charge is 0.366 e. The second-order valence-corrected chi connectivity index (χ2v) is 9.90. The van der Waals surface area contributed by atoms with Crippen molar-refractivity contribution in [3.63, 3.8) is 0 Å². The summed E-state index contributed by atoms with van der Waals surface area (Å²) < 4.78 is 14.2. The van der Waals surface area contributed by atoms with Gasteiger partial charge in [0.25, 0.3) is 5.91 Å². The van der Waals surface area contributed by atoms with Gasteiger partial charge in [-0.3, -0.25) is 9.59 Å². The minimum Gasteiger partial charge on any atom is -0.366 e. The molecule has 0 N–H and O–H groups in total. The predicted molar refractivity (Wildman–Crippen MR) is 144 cm³/mol. The first-order chi connectivity index (χ1) is 18.1. The van der Waals surface area contributed by atoms with Crippen LogP contribution in [0.2, 0.25) is 0 Å². The average molecular weight is 514 g/mol. The Balaban J connectivity index is 1.16. The minimum atomic E-state index is -0.643. The molecule has 0 radical (unpaired) electrons. The first kappa shape index (κ1) is 23.4. The van der Waals surface area contributed by atoms with Gasteiger partial charge < -0.3 is 9.80 Å². The second-order valence-electron chi connectivity index (χ2n) is 8.96. The summed E-state index contributed by atoms with van der Waals surface area (Å²) in [5.41, 5.74) is 2.91. The third kappa shape index (κ3) is 4.40. The van der Waals surface area contributed by atoms with Crippen LogP contribution in [0.15, 0.2) is 88.8 Å². The van der Waals surface area contributed by atoms with E-state index in [1.807, 2.05) is 65.6 Å². The van der Waals surface area contributed by atoms with Crippen LogP contribution in [0.25, 0.3) is 0 Å². The molecule has 7 nitrogen and oxygen atoms in total. The normalized spacial score (nSPS) is 18.8. The number of amidine groups is 2. The van der Waals surface area contributed by atoms with Crippen LogP contribution in [-0.4, -0.2) is 64.5 Å². The van der Waals surface area contributed by atoms with E-state index in [2.05, 4.69) is 0 Å². The average Bonchev–Trinajstić information content (AvgIpc) is 3.30. The Hall–Kier alpha value is -3.98. The summed E-state index contributed by atoms with van der Waals surface area (Å²) in [6.45, 7) is 2.14. The quantitative estimate of drug-likeness (QED) is 0.524. The van der Waals surface area contributed by atoms with Crippen LogP contribution in [-0.2, 0) is 9.59 Å². The maximum atomic E-state index is 14.2. The van der Waals surface area contributed by atoms with Gasteiger partial charge in [-0.1, -0.05) is 66.4 Å². The zero-order valence-corrected chi connectivity index (χ0v) is 20.8. The van der Waals surface area contributed by atoms with Gasteiger partial charge in [-0.25, -0.2) is 19.3 Å². The highest BCUT2D eigenvalue weighted by Gasteiger charge is 2.42. The Morgan fingerprint density at radius 2 is 1.62 bits per heavy atom. The van der Waals surface area contributed by atoms with E-state index < -0.39 is 6.04 Å². The number of para-hydroxylation sites is 2. The van der Waals surface area contributed by atoms with Crippen LogP contribution in [0.5, 0.6) is 0 Å². The van der Waals surface area contributed by atoms with Crippen molar-refractivity contribution in [3.8, 4) is 0 Å². The molecule has 2 amide bonds. The molecule has 0 aromatic heterocycles. The molecule has 0 bridgehead atoms. The molecule has 3 aliphatic rings. The predicted octanol–water partition coefficient (Wildman–Crippen LogP) is 4.24. The van der Waals surface area contributed by atoms with Crippen LogP contribution in [0.4, 0.5) is 15.8 Å². The molecule has 3 aromatic carbocycles. The number of carbonyl (C=O) groups excluding carboxylic acids is 2. The van der Waals surface area contributed by atoms with E-state index in [0.29, 0.717) is 42.9 Å². The first-order valence-corrected chi connectivity index (χ1v) is 13.1. The third-order valence-electron chi connectivity index (χ3n) is 6.74. The van der Waals surface area contributed by atoms with E-state index in [9.17, 15) is 14.0 Å². The number of halogens is 1. The van der Waals surface area contributed by atoms with Crippen LogP contribution in [0.3, 0.4) is 0 Å². The molecule has 0 unspecified atom stereocenters. The van der Waals surface area contributed by atoms with Crippen LogP contribution in [0, 0.1) is 5.82 Å². The summed E-state index contributed by atoms with van der Waals surface area (Å²) >= 11 is 1.25. The lowest BCUT2D eigenvalue weighted by atomic mass is 10.1. The van der Waals surface area contributed by atoms with Crippen molar-refractivity contribution in [2.75, 3.05) is 36.8 Å². The number of piperazine rings is 1. The van der Waals surface area contributed by atoms with Crippen LogP contribution >= 0.6 is 11.8 Å². The molecule has 3 aliphatic heterocycles. The molecule has 1 atom stereocenters. The Morgan fingerprint density at radius 3 is 2.41 bits per heavy atom. The molecule has 1 fully saturated rings. The number of nitrogens with zero attached hydrogens (tertiary/aromatic N) is 5. The summed E-state index contributed by atoms with van der Waals surface area (Å²) in [6.07, 6.45) is 0. The van der Waals surface area contributed by atoms with Crippen molar-refractivity contribution >= 4 is 46.0 Å².